The van der Waals surface area contributed by atoms with Gasteiger partial charge in [-0.2, -0.15) is 4.39 Å². The molecular weight excluding hydrogens is 194 g/mol. The first-order chi connectivity index (χ1) is 6.50. The summed E-state index contributed by atoms with van der Waals surface area (Å²) in [5.74, 6) is -2.89. The fraction of sp³-hybridized carbons (Fsp3) is 0.250. The van der Waals surface area contributed by atoms with Gasteiger partial charge in [0.05, 0.1) is 6.20 Å². The van der Waals surface area contributed by atoms with E-state index < -0.39 is 23.8 Å². The molecule has 1 aromatic heterocycles. The number of aliphatic carboxylic acids is 1. The highest BCUT2D eigenvalue weighted by Gasteiger charge is 2.15. The van der Waals surface area contributed by atoms with Gasteiger partial charge in [0.1, 0.15) is 11.9 Å². The van der Waals surface area contributed by atoms with Crippen molar-refractivity contribution in [3.63, 3.8) is 0 Å². The minimum absolute atomic E-state index is 0.0904. The zero-order valence-electron chi connectivity index (χ0n) is 7.08. The fourth-order valence-electron chi connectivity index (χ4n) is 0.932. The molecule has 0 aliphatic carbocycles. The largest absolute Gasteiger partial charge is 0.480 e. The van der Waals surface area contributed by atoms with Crippen LogP contribution < -0.4 is 5.73 Å². The lowest BCUT2D eigenvalue weighted by molar-refractivity contribution is -0.138. The number of nitrogens with two attached hydrogens (primary N) is 1. The molecule has 0 bridgehead atoms. The molecule has 6 heteroatoms. The van der Waals surface area contributed by atoms with E-state index in [1.165, 1.54) is 0 Å². The van der Waals surface area contributed by atoms with Crippen LogP contribution in [-0.2, 0) is 11.2 Å². The molecular formula is C8H8F2N2O2. The lowest BCUT2D eigenvalue weighted by atomic mass is 10.1. The number of aromatic nitrogens is 1. The summed E-state index contributed by atoms with van der Waals surface area (Å²) < 4.78 is 25.4. The maximum atomic E-state index is 12.9. The van der Waals surface area contributed by atoms with E-state index in [1.54, 1.807) is 0 Å². The predicted octanol–water partition coefficient (Wildman–Crippen LogP) is 0.314. The molecule has 14 heavy (non-hydrogen) atoms. The van der Waals surface area contributed by atoms with Crippen molar-refractivity contribution in [2.24, 2.45) is 5.73 Å². The molecule has 1 unspecified atom stereocenters. The third kappa shape index (κ3) is 2.46. The highest BCUT2D eigenvalue weighted by molar-refractivity contribution is 5.73. The fourth-order valence-corrected chi connectivity index (χ4v) is 0.932. The van der Waals surface area contributed by atoms with Crippen molar-refractivity contribution in [3.05, 3.63) is 29.6 Å². The molecule has 0 amide bonds. The van der Waals surface area contributed by atoms with Gasteiger partial charge in [0.25, 0.3) is 0 Å². The van der Waals surface area contributed by atoms with E-state index in [2.05, 4.69) is 4.98 Å². The summed E-state index contributed by atoms with van der Waals surface area (Å²) in [6, 6.07) is -0.413. The standard InChI is InChI=1S/C8H8F2N2O2/c9-5-3-12-7(10)2-4(5)1-6(11)8(13)14/h2-3,6H,1,11H2,(H,13,14). The second-order valence-corrected chi connectivity index (χ2v) is 2.75. The van der Waals surface area contributed by atoms with Crippen molar-refractivity contribution in [1.29, 1.82) is 0 Å². The van der Waals surface area contributed by atoms with Gasteiger partial charge >= 0.3 is 5.97 Å². The van der Waals surface area contributed by atoms with E-state index in [4.69, 9.17) is 10.8 Å². The number of nitrogens with zero attached hydrogens (tertiary/aromatic N) is 1. The van der Waals surface area contributed by atoms with Crippen LogP contribution in [0, 0.1) is 11.8 Å². The summed E-state index contributed by atoms with van der Waals surface area (Å²) in [5, 5.41) is 8.45. The Bertz CT molecular complexity index is 357. The number of halogens is 2. The first-order valence-corrected chi connectivity index (χ1v) is 3.79. The van der Waals surface area contributed by atoms with Crippen LogP contribution in [-0.4, -0.2) is 22.1 Å². The Labute approximate surface area is 78.4 Å². The molecule has 0 aliphatic heterocycles. The van der Waals surface area contributed by atoms with Crippen LogP contribution in [0.15, 0.2) is 12.3 Å². The second-order valence-electron chi connectivity index (χ2n) is 2.75. The van der Waals surface area contributed by atoms with Gasteiger partial charge in [-0.3, -0.25) is 4.79 Å². The smallest absolute Gasteiger partial charge is 0.320 e. The quantitative estimate of drug-likeness (QED) is 0.692. The van der Waals surface area contributed by atoms with Gasteiger partial charge in [-0.15, -0.1) is 0 Å². The number of hydrogen-bond donors (Lipinski definition) is 2. The van der Waals surface area contributed by atoms with E-state index in [0.717, 1.165) is 6.07 Å². The van der Waals surface area contributed by atoms with Crippen molar-refractivity contribution in [2.45, 2.75) is 12.5 Å². The van der Waals surface area contributed by atoms with Crippen LogP contribution >= 0.6 is 0 Å². The molecule has 0 aromatic carbocycles. The summed E-state index contributed by atoms with van der Waals surface area (Å²) >= 11 is 0. The van der Waals surface area contributed by atoms with Crippen molar-refractivity contribution < 1.29 is 18.7 Å². The summed E-state index contributed by atoms with van der Waals surface area (Å²) in [5.41, 5.74) is 5.07. The van der Waals surface area contributed by atoms with E-state index >= 15 is 0 Å². The second kappa shape index (κ2) is 4.10. The topological polar surface area (TPSA) is 76.2 Å². The Morgan fingerprint density at radius 3 is 2.86 bits per heavy atom. The zero-order valence-corrected chi connectivity index (χ0v) is 7.08. The van der Waals surface area contributed by atoms with Gasteiger partial charge in [0, 0.05) is 6.42 Å². The lowest BCUT2D eigenvalue weighted by Gasteiger charge is -2.06. The van der Waals surface area contributed by atoms with Gasteiger partial charge in [-0.1, -0.05) is 0 Å². The van der Waals surface area contributed by atoms with Crippen molar-refractivity contribution >= 4 is 5.97 Å². The predicted molar refractivity (Wildman–Crippen MR) is 43.5 cm³/mol. The third-order valence-corrected chi connectivity index (χ3v) is 1.66. The monoisotopic (exact) mass is 202 g/mol. The Hall–Kier alpha value is -1.56. The van der Waals surface area contributed by atoms with Crippen molar-refractivity contribution in [3.8, 4) is 0 Å². The molecule has 0 fully saturated rings. The molecule has 76 valence electrons. The Kier molecular flexibility index (Phi) is 3.08. The number of carbonyl (C=O) groups is 1. The Morgan fingerprint density at radius 2 is 2.29 bits per heavy atom. The minimum atomic E-state index is -1.26. The lowest BCUT2D eigenvalue weighted by Crippen LogP contribution is -2.32. The zero-order chi connectivity index (χ0) is 10.7. The maximum Gasteiger partial charge on any atom is 0.320 e. The Balaban J connectivity index is 2.85. The average molecular weight is 202 g/mol. The van der Waals surface area contributed by atoms with Gasteiger partial charge < -0.3 is 10.8 Å². The molecule has 1 aromatic rings. The average Bonchev–Trinajstić information content (AvgIpc) is 2.11. The van der Waals surface area contributed by atoms with E-state index in [1.807, 2.05) is 0 Å². The van der Waals surface area contributed by atoms with Gasteiger partial charge in [-0.05, 0) is 11.6 Å². The summed E-state index contributed by atoms with van der Waals surface area (Å²) in [6.45, 7) is 0. The summed E-state index contributed by atoms with van der Waals surface area (Å²) in [6.07, 6.45) is 0.430. The molecule has 0 radical (unpaired) electrons. The number of rotatable bonds is 3. The summed E-state index contributed by atoms with van der Waals surface area (Å²) in [7, 11) is 0. The number of pyridine rings is 1. The van der Waals surface area contributed by atoms with Crippen LogP contribution in [0.4, 0.5) is 8.78 Å². The molecule has 1 rings (SSSR count). The van der Waals surface area contributed by atoms with Crippen molar-refractivity contribution in [1.82, 2.24) is 4.98 Å². The van der Waals surface area contributed by atoms with Crippen LogP contribution in [0.2, 0.25) is 0 Å². The van der Waals surface area contributed by atoms with E-state index in [0.29, 0.717) is 6.20 Å². The molecule has 0 spiro atoms. The highest BCUT2D eigenvalue weighted by atomic mass is 19.1. The van der Waals surface area contributed by atoms with Crippen molar-refractivity contribution in [2.75, 3.05) is 0 Å². The molecule has 0 saturated carbocycles. The maximum absolute atomic E-state index is 12.9. The van der Waals surface area contributed by atoms with Gasteiger partial charge in [0.2, 0.25) is 5.95 Å². The van der Waals surface area contributed by atoms with E-state index in [9.17, 15) is 13.6 Å². The van der Waals surface area contributed by atoms with Crippen LogP contribution in [0.1, 0.15) is 5.56 Å². The van der Waals surface area contributed by atoms with Crippen LogP contribution in [0.3, 0.4) is 0 Å². The number of hydrogen-bond acceptors (Lipinski definition) is 3. The minimum Gasteiger partial charge on any atom is -0.480 e. The molecule has 1 atom stereocenters. The number of carboxylic acid groups (broad SMARTS) is 1. The summed E-state index contributed by atoms with van der Waals surface area (Å²) in [4.78, 5) is 13.4. The molecule has 3 N–H and O–H groups in total. The Morgan fingerprint density at radius 1 is 1.64 bits per heavy atom. The SMILES string of the molecule is NC(Cc1cc(F)ncc1F)C(=O)O. The van der Waals surface area contributed by atoms with Crippen LogP contribution in [0.5, 0.6) is 0 Å². The molecule has 1 heterocycles. The highest BCUT2D eigenvalue weighted by Crippen LogP contribution is 2.09. The van der Waals surface area contributed by atoms with Crippen LogP contribution in [0.25, 0.3) is 0 Å². The first-order valence-electron chi connectivity index (χ1n) is 3.79. The normalized spacial score (nSPS) is 12.5. The number of carboxylic acids is 1. The van der Waals surface area contributed by atoms with Gasteiger partial charge in [-0.25, -0.2) is 9.37 Å². The van der Waals surface area contributed by atoms with Gasteiger partial charge in [0.15, 0.2) is 0 Å². The molecule has 0 saturated heterocycles. The third-order valence-electron chi connectivity index (χ3n) is 1.66. The molecule has 4 nitrogen and oxygen atoms in total. The molecule has 0 aliphatic rings. The van der Waals surface area contributed by atoms with E-state index in [-0.39, 0.29) is 12.0 Å². The first kappa shape index (κ1) is 10.5.